The van der Waals surface area contributed by atoms with E-state index in [1.807, 2.05) is 13.0 Å². The van der Waals surface area contributed by atoms with Crippen LogP contribution in [0.4, 0.5) is 10.1 Å². The standard InChI is InChI=1S/C16H19FN2O2/c1-12-3-5-15(17)13(9-12)10-18-14-4-6-16(20)19(11-14)7-8-21-2/h3-6,9,11,18H,7-8,10H2,1-2H3. The van der Waals surface area contributed by atoms with Crippen LogP contribution in [0.1, 0.15) is 11.1 Å². The number of hydrogen-bond acceptors (Lipinski definition) is 3. The van der Waals surface area contributed by atoms with E-state index < -0.39 is 0 Å². The molecular weight excluding hydrogens is 271 g/mol. The molecule has 0 aliphatic carbocycles. The summed E-state index contributed by atoms with van der Waals surface area (Å²) < 4.78 is 20.2. The first-order valence-corrected chi connectivity index (χ1v) is 6.78. The van der Waals surface area contributed by atoms with Crippen molar-refractivity contribution in [2.75, 3.05) is 19.0 Å². The fourth-order valence-corrected chi connectivity index (χ4v) is 2.04. The molecular formula is C16H19FN2O2. The van der Waals surface area contributed by atoms with E-state index in [-0.39, 0.29) is 11.4 Å². The SMILES string of the molecule is COCCn1cc(NCc2cc(C)ccc2F)ccc1=O. The molecule has 1 N–H and O–H groups in total. The molecule has 0 fully saturated rings. The molecule has 112 valence electrons. The summed E-state index contributed by atoms with van der Waals surface area (Å²) in [6, 6.07) is 8.20. The lowest BCUT2D eigenvalue weighted by molar-refractivity contribution is 0.186. The molecule has 21 heavy (non-hydrogen) atoms. The number of aryl methyl sites for hydroxylation is 1. The fraction of sp³-hybridized carbons (Fsp3) is 0.312. The molecule has 1 aromatic heterocycles. The largest absolute Gasteiger partial charge is 0.383 e. The Morgan fingerprint density at radius 3 is 2.86 bits per heavy atom. The van der Waals surface area contributed by atoms with Gasteiger partial charge in [0.15, 0.2) is 0 Å². The first kappa shape index (κ1) is 15.3. The summed E-state index contributed by atoms with van der Waals surface area (Å²) in [6.07, 6.45) is 1.72. The summed E-state index contributed by atoms with van der Waals surface area (Å²) >= 11 is 0. The molecule has 0 spiro atoms. The van der Waals surface area contributed by atoms with Crippen molar-refractivity contribution in [1.29, 1.82) is 0 Å². The maximum absolute atomic E-state index is 13.7. The Morgan fingerprint density at radius 2 is 2.10 bits per heavy atom. The highest BCUT2D eigenvalue weighted by Gasteiger charge is 2.03. The van der Waals surface area contributed by atoms with Crippen molar-refractivity contribution in [3.8, 4) is 0 Å². The highest BCUT2D eigenvalue weighted by Crippen LogP contribution is 2.12. The molecule has 0 bridgehead atoms. The minimum absolute atomic E-state index is 0.0839. The first-order valence-electron chi connectivity index (χ1n) is 6.78. The zero-order valence-corrected chi connectivity index (χ0v) is 12.2. The zero-order chi connectivity index (χ0) is 15.2. The van der Waals surface area contributed by atoms with Gasteiger partial charge in [0, 0.05) is 38.0 Å². The number of hydrogen-bond donors (Lipinski definition) is 1. The summed E-state index contributed by atoms with van der Waals surface area (Å²) in [5.41, 5.74) is 2.30. The van der Waals surface area contributed by atoms with E-state index in [1.165, 1.54) is 12.1 Å². The lowest BCUT2D eigenvalue weighted by Gasteiger charge is -2.11. The third kappa shape index (κ3) is 4.16. The van der Waals surface area contributed by atoms with Gasteiger partial charge in [-0.1, -0.05) is 17.7 Å². The molecule has 4 nitrogen and oxygen atoms in total. The predicted molar refractivity (Wildman–Crippen MR) is 81.0 cm³/mol. The highest BCUT2D eigenvalue weighted by molar-refractivity contribution is 5.41. The lowest BCUT2D eigenvalue weighted by atomic mass is 10.1. The quantitative estimate of drug-likeness (QED) is 0.889. The number of methoxy groups -OCH3 is 1. The van der Waals surface area contributed by atoms with Crippen LogP contribution >= 0.6 is 0 Å². The number of halogens is 1. The van der Waals surface area contributed by atoms with E-state index >= 15 is 0 Å². The Morgan fingerprint density at radius 1 is 1.29 bits per heavy atom. The predicted octanol–water partition coefficient (Wildman–Crippen LogP) is 2.55. The number of pyridine rings is 1. The van der Waals surface area contributed by atoms with E-state index in [4.69, 9.17) is 4.74 Å². The van der Waals surface area contributed by atoms with Crippen LogP contribution in [0.15, 0.2) is 41.3 Å². The highest BCUT2D eigenvalue weighted by atomic mass is 19.1. The summed E-state index contributed by atoms with van der Waals surface area (Å²) in [6.45, 7) is 3.25. The second kappa shape index (κ2) is 7.04. The molecule has 0 amide bonds. The Labute approximate surface area is 123 Å². The topological polar surface area (TPSA) is 43.3 Å². The normalized spacial score (nSPS) is 10.6. The van der Waals surface area contributed by atoms with Crippen molar-refractivity contribution in [3.63, 3.8) is 0 Å². The van der Waals surface area contributed by atoms with E-state index in [0.29, 0.717) is 25.3 Å². The molecule has 0 saturated carbocycles. The van der Waals surface area contributed by atoms with Crippen LogP contribution in [-0.2, 0) is 17.8 Å². The molecule has 0 radical (unpaired) electrons. The molecule has 1 heterocycles. The number of ether oxygens (including phenoxy) is 1. The number of nitrogens with one attached hydrogen (secondary N) is 1. The molecule has 0 aliphatic heterocycles. The first-order chi connectivity index (χ1) is 10.1. The van der Waals surface area contributed by atoms with Gasteiger partial charge in [-0.05, 0) is 19.1 Å². The van der Waals surface area contributed by atoms with Crippen molar-refractivity contribution >= 4 is 5.69 Å². The molecule has 5 heteroatoms. The number of benzene rings is 1. The minimum Gasteiger partial charge on any atom is -0.383 e. The molecule has 1 aromatic carbocycles. The zero-order valence-electron chi connectivity index (χ0n) is 12.2. The van der Waals surface area contributed by atoms with Crippen LogP contribution < -0.4 is 10.9 Å². The molecule has 0 aliphatic rings. The van der Waals surface area contributed by atoms with Gasteiger partial charge >= 0.3 is 0 Å². The molecule has 0 unspecified atom stereocenters. The van der Waals surface area contributed by atoms with Gasteiger partial charge in [-0.25, -0.2) is 4.39 Å². The van der Waals surface area contributed by atoms with Crippen LogP contribution in [0.3, 0.4) is 0 Å². The summed E-state index contributed by atoms with van der Waals surface area (Å²) in [4.78, 5) is 11.7. The van der Waals surface area contributed by atoms with Gasteiger partial charge in [0.05, 0.1) is 12.3 Å². The van der Waals surface area contributed by atoms with Crippen LogP contribution in [0, 0.1) is 12.7 Å². The lowest BCUT2D eigenvalue weighted by Crippen LogP contribution is -2.21. The average molecular weight is 290 g/mol. The van der Waals surface area contributed by atoms with Crippen molar-refractivity contribution in [2.45, 2.75) is 20.0 Å². The Kier molecular flexibility index (Phi) is 5.11. The van der Waals surface area contributed by atoms with Crippen molar-refractivity contribution in [1.82, 2.24) is 4.57 Å². The van der Waals surface area contributed by atoms with Crippen LogP contribution in [-0.4, -0.2) is 18.3 Å². The molecule has 0 atom stereocenters. The van der Waals surface area contributed by atoms with Crippen molar-refractivity contribution in [3.05, 3.63) is 63.8 Å². The maximum atomic E-state index is 13.7. The van der Waals surface area contributed by atoms with Gasteiger partial charge in [0.2, 0.25) is 0 Å². The van der Waals surface area contributed by atoms with Gasteiger partial charge in [-0.3, -0.25) is 4.79 Å². The molecule has 0 saturated heterocycles. The minimum atomic E-state index is -0.235. The number of anilines is 1. The van der Waals surface area contributed by atoms with E-state index in [9.17, 15) is 9.18 Å². The van der Waals surface area contributed by atoms with Crippen LogP contribution in [0.25, 0.3) is 0 Å². The van der Waals surface area contributed by atoms with E-state index in [1.54, 1.807) is 30.0 Å². The third-order valence-corrected chi connectivity index (χ3v) is 3.20. The van der Waals surface area contributed by atoms with Crippen LogP contribution in [0.5, 0.6) is 0 Å². The van der Waals surface area contributed by atoms with Crippen molar-refractivity contribution in [2.24, 2.45) is 0 Å². The fourth-order valence-electron chi connectivity index (χ4n) is 2.04. The summed E-state index contributed by atoms with van der Waals surface area (Å²) in [5.74, 6) is -0.235. The molecule has 2 aromatic rings. The average Bonchev–Trinajstić information content (AvgIpc) is 2.48. The van der Waals surface area contributed by atoms with E-state index in [0.717, 1.165) is 11.3 Å². The summed E-state index contributed by atoms with van der Waals surface area (Å²) in [5, 5.41) is 3.13. The van der Waals surface area contributed by atoms with Crippen LogP contribution in [0.2, 0.25) is 0 Å². The molecule has 2 rings (SSSR count). The summed E-state index contributed by atoms with van der Waals surface area (Å²) in [7, 11) is 1.59. The van der Waals surface area contributed by atoms with Gasteiger partial charge < -0.3 is 14.6 Å². The van der Waals surface area contributed by atoms with Gasteiger partial charge in [-0.15, -0.1) is 0 Å². The second-order valence-corrected chi connectivity index (χ2v) is 4.89. The van der Waals surface area contributed by atoms with Gasteiger partial charge in [0.1, 0.15) is 5.82 Å². The monoisotopic (exact) mass is 290 g/mol. The van der Waals surface area contributed by atoms with Gasteiger partial charge in [0.25, 0.3) is 5.56 Å². The van der Waals surface area contributed by atoms with Crippen molar-refractivity contribution < 1.29 is 9.13 Å². The van der Waals surface area contributed by atoms with Gasteiger partial charge in [-0.2, -0.15) is 0 Å². The second-order valence-electron chi connectivity index (χ2n) is 4.89. The Bertz CT molecular complexity index is 668. The third-order valence-electron chi connectivity index (χ3n) is 3.20. The Hall–Kier alpha value is -2.14. The smallest absolute Gasteiger partial charge is 0.250 e. The number of rotatable bonds is 6. The van der Waals surface area contributed by atoms with E-state index in [2.05, 4.69) is 5.32 Å². The Balaban J connectivity index is 2.09. The number of nitrogens with zero attached hydrogens (tertiary/aromatic N) is 1. The number of aromatic nitrogens is 1. The maximum Gasteiger partial charge on any atom is 0.250 e.